The quantitative estimate of drug-likeness (QED) is 0.416. The Balaban J connectivity index is 1.31. The fraction of sp³-hybridized carbons (Fsp3) is 0.360. The van der Waals surface area contributed by atoms with Crippen molar-refractivity contribution in [2.75, 3.05) is 0 Å². The van der Waals surface area contributed by atoms with Crippen molar-refractivity contribution in [2.24, 2.45) is 5.92 Å². The Morgan fingerprint density at radius 3 is 2.46 bits per heavy atom. The number of Topliss-reactive ketones (excluding diaryl/α,β-unsaturated/α-hetero) is 1. The average molecular weight is 535 g/mol. The fourth-order valence-corrected chi connectivity index (χ4v) is 7.12. The molecule has 0 amide bonds. The number of rotatable bonds is 7. The first-order valence-corrected chi connectivity index (χ1v) is 13.1. The Hall–Kier alpha value is -3.25. The summed E-state index contributed by atoms with van der Waals surface area (Å²) in [6, 6.07) is 7.21. The molecule has 12 heteroatoms. The van der Waals surface area contributed by atoms with Gasteiger partial charge in [0.15, 0.2) is 5.78 Å². The van der Waals surface area contributed by atoms with E-state index in [4.69, 9.17) is 0 Å². The molecule has 0 spiro atoms. The molecule has 1 saturated heterocycles. The van der Waals surface area contributed by atoms with Crippen molar-refractivity contribution in [3.05, 3.63) is 72.2 Å². The van der Waals surface area contributed by atoms with Crippen LogP contribution in [0.1, 0.15) is 37.1 Å². The third-order valence-electron chi connectivity index (χ3n) is 6.95. The van der Waals surface area contributed by atoms with E-state index in [9.17, 15) is 30.8 Å². The third-order valence-corrected chi connectivity index (χ3v) is 8.89. The lowest BCUT2D eigenvalue weighted by molar-refractivity contribution is -0.141. The summed E-state index contributed by atoms with van der Waals surface area (Å²) in [7, 11) is -3.99. The second-order valence-corrected chi connectivity index (χ2v) is 11.1. The van der Waals surface area contributed by atoms with Crippen LogP contribution < -0.4 is 0 Å². The molecule has 1 aromatic carbocycles. The van der Waals surface area contributed by atoms with Crippen molar-refractivity contribution in [1.82, 2.24) is 19.3 Å². The minimum atomic E-state index is -4.55. The number of hydrogen-bond acceptors (Lipinski definition) is 6. The molecule has 3 heterocycles. The number of aromatic nitrogens is 3. The Kier molecular flexibility index (Phi) is 6.57. The highest BCUT2D eigenvalue weighted by Gasteiger charge is 2.53. The van der Waals surface area contributed by atoms with E-state index in [2.05, 4.69) is 15.0 Å². The minimum Gasteiger partial charge on any atom is -0.298 e. The van der Waals surface area contributed by atoms with Crippen molar-refractivity contribution in [3.63, 3.8) is 0 Å². The molecule has 1 aliphatic heterocycles. The van der Waals surface area contributed by atoms with Gasteiger partial charge < -0.3 is 0 Å². The second kappa shape index (κ2) is 9.56. The van der Waals surface area contributed by atoms with Gasteiger partial charge in [-0.15, -0.1) is 0 Å². The van der Waals surface area contributed by atoms with Crippen molar-refractivity contribution in [2.45, 2.75) is 55.3 Å². The standard InChI is InChI=1S/C25H22F4N4O3S/c26-17-3-7-20(8-4-17)37(35,36)33-19-6-1-15(11-19)24(33)22(34)9-5-18-12-21(32-14-31-18)16-2-10-23(30-13-16)25(27,28)29/h2-4,7-8,10,12-15,19,24H,1,5-6,9,11H2/t15-,19+,24-/m0/s1. The summed E-state index contributed by atoms with van der Waals surface area (Å²) >= 11 is 0. The van der Waals surface area contributed by atoms with E-state index in [1.165, 1.54) is 28.8 Å². The minimum absolute atomic E-state index is 0.0328. The van der Waals surface area contributed by atoms with Gasteiger partial charge in [0.1, 0.15) is 17.8 Å². The van der Waals surface area contributed by atoms with Crippen LogP contribution in [0.25, 0.3) is 11.3 Å². The van der Waals surface area contributed by atoms with E-state index in [0.717, 1.165) is 30.8 Å². The van der Waals surface area contributed by atoms with Gasteiger partial charge in [-0.2, -0.15) is 17.5 Å². The van der Waals surface area contributed by atoms with Crippen molar-refractivity contribution in [3.8, 4) is 11.3 Å². The van der Waals surface area contributed by atoms with E-state index < -0.39 is 33.8 Å². The normalized spacial score (nSPS) is 21.9. The van der Waals surface area contributed by atoms with Crippen LogP contribution in [0.3, 0.4) is 0 Å². The van der Waals surface area contributed by atoms with Crippen LogP contribution >= 0.6 is 0 Å². The van der Waals surface area contributed by atoms with Gasteiger partial charge in [-0.05, 0) is 74.1 Å². The molecule has 3 atom stereocenters. The highest BCUT2D eigenvalue weighted by Crippen LogP contribution is 2.46. The third kappa shape index (κ3) is 4.99. The molecule has 1 saturated carbocycles. The van der Waals surface area contributed by atoms with Crippen LogP contribution in [-0.2, 0) is 27.4 Å². The molecule has 3 aromatic rings. The van der Waals surface area contributed by atoms with Gasteiger partial charge >= 0.3 is 6.18 Å². The predicted molar refractivity (Wildman–Crippen MR) is 124 cm³/mol. The van der Waals surface area contributed by atoms with Gasteiger partial charge in [-0.3, -0.25) is 9.78 Å². The number of fused-ring (bicyclic) bond motifs is 2. The maximum Gasteiger partial charge on any atom is 0.433 e. The van der Waals surface area contributed by atoms with Crippen LogP contribution in [0.5, 0.6) is 0 Å². The summed E-state index contributed by atoms with van der Waals surface area (Å²) in [6.07, 6.45) is 0.0677. The van der Waals surface area contributed by atoms with Gasteiger partial charge in [0.25, 0.3) is 0 Å². The molecular formula is C25H22F4N4O3S. The van der Waals surface area contributed by atoms with E-state index in [0.29, 0.717) is 29.8 Å². The number of carbonyl (C=O) groups excluding carboxylic acids is 1. The van der Waals surface area contributed by atoms with Crippen LogP contribution in [-0.4, -0.2) is 45.5 Å². The summed E-state index contributed by atoms with van der Waals surface area (Å²) in [6.45, 7) is 0. The maximum absolute atomic E-state index is 13.4. The lowest BCUT2D eigenvalue weighted by atomic mass is 9.93. The number of nitrogens with zero attached hydrogens (tertiary/aromatic N) is 4. The maximum atomic E-state index is 13.4. The predicted octanol–water partition coefficient (Wildman–Crippen LogP) is 4.44. The summed E-state index contributed by atoms with van der Waals surface area (Å²) in [5, 5.41) is 0. The van der Waals surface area contributed by atoms with E-state index in [-0.39, 0.29) is 35.5 Å². The zero-order chi connectivity index (χ0) is 26.4. The topological polar surface area (TPSA) is 93.1 Å². The number of benzene rings is 1. The SMILES string of the molecule is O=C(CCc1cc(-c2ccc(C(F)(F)F)nc2)ncn1)[C@@H]1[C@H]2CC[C@H](C2)N1S(=O)(=O)c1ccc(F)cc1. The highest BCUT2D eigenvalue weighted by atomic mass is 32.2. The van der Waals surface area contributed by atoms with Crippen molar-refractivity contribution >= 4 is 15.8 Å². The zero-order valence-corrected chi connectivity index (χ0v) is 20.2. The monoisotopic (exact) mass is 534 g/mol. The molecule has 7 nitrogen and oxygen atoms in total. The highest BCUT2D eigenvalue weighted by molar-refractivity contribution is 7.89. The van der Waals surface area contributed by atoms with E-state index >= 15 is 0 Å². The van der Waals surface area contributed by atoms with Crippen molar-refractivity contribution < 1.29 is 30.8 Å². The van der Waals surface area contributed by atoms with Gasteiger partial charge in [-0.1, -0.05) is 0 Å². The summed E-state index contributed by atoms with van der Waals surface area (Å²) in [5.74, 6) is -0.855. The largest absolute Gasteiger partial charge is 0.433 e. The van der Waals surface area contributed by atoms with Crippen LogP contribution in [0.4, 0.5) is 17.6 Å². The van der Waals surface area contributed by atoms with E-state index in [1.807, 2.05) is 0 Å². The first-order chi connectivity index (χ1) is 17.5. The van der Waals surface area contributed by atoms with Crippen molar-refractivity contribution in [1.29, 1.82) is 0 Å². The number of sulfonamides is 1. The number of ketones is 1. The van der Waals surface area contributed by atoms with Crippen LogP contribution in [0.15, 0.2) is 59.9 Å². The molecule has 0 unspecified atom stereocenters. The molecule has 37 heavy (non-hydrogen) atoms. The molecule has 2 aromatic heterocycles. The lowest BCUT2D eigenvalue weighted by Crippen LogP contribution is -2.49. The number of pyridine rings is 1. The van der Waals surface area contributed by atoms with Crippen LogP contribution in [0.2, 0.25) is 0 Å². The molecule has 0 radical (unpaired) electrons. The first-order valence-electron chi connectivity index (χ1n) is 11.7. The zero-order valence-electron chi connectivity index (χ0n) is 19.4. The summed E-state index contributed by atoms with van der Waals surface area (Å²) in [4.78, 5) is 25.0. The Morgan fingerprint density at radius 1 is 1.03 bits per heavy atom. The van der Waals surface area contributed by atoms with Gasteiger partial charge in [0.05, 0.1) is 16.6 Å². The Morgan fingerprint density at radius 2 is 1.78 bits per heavy atom. The first kappa shape index (κ1) is 25.4. The molecule has 2 aliphatic rings. The number of alkyl halides is 3. The number of aryl methyl sites for hydroxylation is 1. The second-order valence-electron chi connectivity index (χ2n) is 9.25. The smallest absolute Gasteiger partial charge is 0.298 e. The molecule has 0 N–H and O–H groups in total. The number of piperidine rings is 1. The summed E-state index contributed by atoms with van der Waals surface area (Å²) < 4.78 is 79.7. The molecule has 1 aliphatic carbocycles. The fourth-order valence-electron chi connectivity index (χ4n) is 5.23. The van der Waals surface area contributed by atoms with Gasteiger partial charge in [0, 0.05) is 29.9 Å². The van der Waals surface area contributed by atoms with Gasteiger partial charge in [0.2, 0.25) is 10.0 Å². The lowest BCUT2D eigenvalue weighted by Gasteiger charge is -2.33. The Bertz CT molecular complexity index is 1410. The molecule has 194 valence electrons. The van der Waals surface area contributed by atoms with Crippen LogP contribution in [0, 0.1) is 11.7 Å². The summed E-state index contributed by atoms with van der Waals surface area (Å²) in [5.41, 5.74) is 0.211. The average Bonchev–Trinajstić information content (AvgIpc) is 3.50. The molecular weight excluding hydrogens is 512 g/mol. The molecule has 2 bridgehead atoms. The number of hydrogen-bond donors (Lipinski definition) is 0. The number of carbonyl (C=O) groups is 1. The van der Waals surface area contributed by atoms with Gasteiger partial charge in [-0.25, -0.2) is 22.8 Å². The molecule has 2 fully saturated rings. The van der Waals surface area contributed by atoms with E-state index in [1.54, 1.807) is 6.07 Å². The number of halogens is 4. The Labute approximate surface area is 210 Å². The molecule has 5 rings (SSSR count).